The quantitative estimate of drug-likeness (QED) is 0.906. The monoisotopic (exact) mass is 329 g/mol. The summed E-state index contributed by atoms with van der Waals surface area (Å²) in [5, 5.41) is 3.08. The number of benzene rings is 1. The molecule has 2 heterocycles. The van der Waals surface area contributed by atoms with Crippen LogP contribution in [0, 0.1) is 5.82 Å². The average Bonchev–Trinajstić information content (AvgIpc) is 3.08. The van der Waals surface area contributed by atoms with Gasteiger partial charge in [-0.2, -0.15) is 0 Å². The Hall–Kier alpha value is -2.30. The molecule has 1 aromatic carbocycles. The van der Waals surface area contributed by atoms with E-state index >= 15 is 0 Å². The first kappa shape index (κ1) is 16.6. The molecule has 0 saturated carbocycles. The molecule has 0 saturated heterocycles. The summed E-state index contributed by atoms with van der Waals surface area (Å²) >= 11 is 0. The number of fused-ring (bicyclic) bond motifs is 1. The minimum Gasteiger partial charge on any atom is -0.348 e. The van der Waals surface area contributed by atoms with E-state index in [0.29, 0.717) is 12.1 Å². The highest BCUT2D eigenvalue weighted by atomic mass is 19.1. The first-order valence-corrected chi connectivity index (χ1v) is 8.62. The molecule has 0 aliphatic carbocycles. The van der Waals surface area contributed by atoms with E-state index in [9.17, 15) is 9.18 Å². The number of nitrogens with one attached hydrogen (secondary N) is 1. The molecule has 1 aromatic heterocycles. The molecule has 2 aromatic rings. The van der Waals surface area contributed by atoms with Gasteiger partial charge in [0, 0.05) is 36.6 Å². The number of nitrogens with zero attached hydrogens (tertiary/aromatic N) is 2. The molecule has 1 unspecified atom stereocenters. The largest absolute Gasteiger partial charge is 0.348 e. The molecule has 1 aliphatic rings. The van der Waals surface area contributed by atoms with Crippen LogP contribution in [0.4, 0.5) is 9.18 Å². The van der Waals surface area contributed by atoms with Gasteiger partial charge in [0.05, 0.1) is 0 Å². The van der Waals surface area contributed by atoms with Crippen LogP contribution in [0.15, 0.2) is 42.6 Å². The van der Waals surface area contributed by atoms with Crippen LogP contribution in [0.5, 0.6) is 0 Å². The molecule has 1 atom stereocenters. The summed E-state index contributed by atoms with van der Waals surface area (Å²) in [6, 6.07) is 10.3. The molecular weight excluding hydrogens is 305 g/mol. The molecule has 0 fully saturated rings. The van der Waals surface area contributed by atoms with E-state index in [-0.39, 0.29) is 17.9 Å². The van der Waals surface area contributed by atoms with Gasteiger partial charge in [-0.1, -0.05) is 32.0 Å². The number of halogens is 1. The van der Waals surface area contributed by atoms with Crippen LogP contribution in [-0.2, 0) is 6.54 Å². The average molecular weight is 329 g/mol. The van der Waals surface area contributed by atoms with Crippen LogP contribution < -0.4 is 5.32 Å². The van der Waals surface area contributed by atoms with E-state index in [4.69, 9.17) is 0 Å². The Morgan fingerprint density at radius 1 is 1.21 bits per heavy atom. The molecule has 2 amide bonds. The number of aromatic nitrogens is 1. The number of hydrogen-bond donors (Lipinski definition) is 1. The van der Waals surface area contributed by atoms with E-state index in [1.54, 1.807) is 17.0 Å². The molecule has 4 nitrogen and oxygen atoms in total. The molecule has 1 aliphatic heterocycles. The Labute approximate surface area is 142 Å². The molecule has 0 radical (unpaired) electrons. The van der Waals surface area contributed by atoms with Gasteiger partial charge in [0.15, 0.2) is 0 Å². The number of urea groups is 1. The van der Waals surface area contributed by atoms with Crippen LogP contribution in [0.2, 0.25) is 0 Å². The summed E-state index contributed by atoms with van der Waals surface area (Å²) in [6.07, 6.45) is 3.76. The van der Waals surface area contributed by atoms with Gasteiger partial charge in [-0.25, -0.2) is 9.18 Å². The molecule has 5 heteroatoms. The van der Waals surface area contributed by atoms with Gasteiger partial charge in [-0.15, -0.1) is 0 Å². The number of rotatable bonds is 4. The predicted molar refractivity (Wildman–Crippen MR) is 92.3 cm³/mol. The van der Waals surface area contributed by atoms with Crippen molar-refractivity contribution in [1.82, 2.24) is 14.8 Å². The zero-order valence-electron chi connectivity index (χ0n) is 14.2. The Morgan fingerprint density at radius 3 is 2.67 bits per heavy atom. The Morgan fingerprint density at radius 2 is 1.96 bits per heavy atom. The molecule has 3 rings (SSSR count). The Kier molecular flexibility index (Phi) is 4.88. The Bertz CT molecular complexity index is 708. The Balaban J connectivity index is 1.96. The standard InChI is InChI=1S/C19H24FN3O/c1-3-14(4-2)21-19(24)23-13-12-22-11-7-10-17(22)18(23)15-8-5-6-9-16(15)20/h5-11,14,18H,3-4,12-13H2,1-2H3,(H,21,24). The first-order valence-electron chi connectivity index (χ1n) is 8.62. The van der Waals surface area contributed by atoms with Gasteiger partial charge in [-0.3, -0.25) is 0 Å². The van der Waals surface area contributed by atoms with Crippen molar-refractivity contribution in [2.75, 3.05) is 6.54 Å². The van der Waals surface area contributed by atoms with E-state index in [2.05, 4.69) is 23.7 Å². The maximum Gasteiger partial charge on any atom is 0.318 e. The van der Waals surface area contributed by atoms with E-state index in [1.165, 1.54) is 6.07 Å². The van der Waals surface area contributed by atoms with Crippen molar-refractivity contribution in [3.63, 3.8) is 0 Å². The fraction of sp³-hybridized carbons (Fsp3) is 0.421. The SMILES string of the molecule is CCC(CC)NC(=O)N1CCn2cccc2C1c1ccccc1F. The topological polar surface area (TPSA) is 37.3 Å². The van der Waals surface area contributed by atoms with Gasteiger partial charge in [-0.05, 0) is 31.0 Å². The van der Waals surface area contributed by atoms with Crippen LogP contribution in [0.1, 0.15) is 44.0 Å². The summed E-state index contributed by atoms with van der Waals surface area (Å²) in [4.78, 5) is 14.6. The molecule has 0 bridgehead atoms. The number of carbonyl (C=O) groups is 1. The highest BCUT2D eigenvalue weighted by Crippen LogP contribution is 2.33. The van der Waals surface area contributed by atoms with Crippen molar-refractivity contribution in [3.8, 4) is 0 Å². The maximum absolute atomic E-state index is 14.4. The third-order valence-electron chi connectivity index (χ3n) is 4.81. The van der Waals surface area contributed by atoms with E-state index in [0.717, 1.165) is 25.1 Å². The van der Waals surface area contributed by atoms with Crippen LogP contribution in [0.3, 0.4) is 0 Å². The second-order valence-electron chi connectivity index (χ2n) is 6.21. The van der Waals surface area contributed by atoms with Crippen molar-refractivity contribution < 1.29 is 9.18 Å². The summed E-state index contributed by atoms with van der Waals surface area (Å²) in [6.45, 7) is 5.41. The maximum atomic E-state index is 14.4. The van der Waals surface area contributed by atoms with E-state index < -0.39 is 6.04 Å². The number of hydrogen-bond acceptors (Lipinski definition) is 1. The summed E-state index contributed by atoms with van der Waals surface area (Å²) in [5.74, 6) is -0.280. The van der Waals surface area contributed by atoms with Gasteiger partial charge in [0.25, 0.3) is 0 Å². The second-order valence-corrected chi connectivity index (χ2v) is 6.21. The smallest absolute Gasteiger partial charge is 0.318 e. The summed E-state index contributed by atoms with van der Waals surface area (Å²) in [5.41, 5.74) is 1.49. The van der Waals surface area contributed by atoms with Crippen molar-refractivity contribution in [3.05, 3.63) is 59.7 Å². The van der Waals surface area contributed by atoms with Crippen molar-refractivity contribution in [1.29, 1.82) is 0 Å². The lowest BCUT2D eigenvalue weighted by atomic mass is 9.99. The fourth-order valence-corrected chi connectivity index (χ4v) is 3.38. The van der Waals surface area contributed by atoms with Crippen molar-refractivity contribution in [2.24, 2.45) is 0 Å². The zero-order valence-corrected chi connectivity index (χ0v) is 14.2. The van der Waals surface area contributed by atoms with Crippen molar-refractivity contribution in [2.45, 2.75) is 45.3 Å². The minimum atomic E-state index is -0.399. The third kappa shape index (κ3) is 3.03. The second kappa shape index (κ2) is 7.07. The van der Waals surface area contributed by atoms with Crippen LogP contribution in [0.25, 0.3) is 0 Å². The summed E-state index contributed by atoms with van der Waals surface area (Å²) < 4.78 is 16.5. The lowest BCUT2D eigenvalue weighted by molar-refractivity contribution is 0.163. The zero-order chi connectivity index (χ0) is 17.1. The predicted octanol–water partition coefficient (Wildman–Crippen LogP) is 3.93. The molecule has 24 heavy (non-hydrogen) atoms. The lowest BCUT2D eigenvalue weighted by Crippen LogP contribution is -2.50. The molecule has 1 N–H and O–H groups in total. The summed E-state index contributed by atoms with van der Waals surface area (Å²) in [7, 11) is 0. The molecule has 0 spiro atoms. The number of carbonyl (C=O) groups excluding carboxylic acids is 1. The normalized spacial score (nSPS) is 17.0. The highest BCUT2D eigenvalue weighted by molar-refractivity contribution is 5.76. The lowest BCUT2D eigenvalue weighted by Gasteiger charge is -2.38. The van der Waals surface area contributed by atoms with Crippen LogP contribution >= 0.6 is 0 Å². The van der Waals surface area contributed by atoms with Crippen molar-refractivity contribution >= 4 is 6.03 Å². The third-order valence-corrected chi connectivity index (χ3v) is 4.81. The molecule has 128 valence electrons. The van der Waals surface area contributed by atoms with Gasteiger partial charge < -0.3 is 14.8 Å². The van der Waals surface area contributed by atoms with Gasteiger partial charge in [0.2, 0.25) is 0 Å². The highest BCUT2D eigenvalue weighted by Gasteiger charge is 2.34. The van der Waals surface area contributed by atoms with Gasteiger partial charge in [0.1, 0.15) is 11.9 Å². The van der Waals surface area contributed by atoms with E-state index in [1.807, 2.05) is 24.4 Å². The first-order chi connectivity index (χ1) is 11.7. The van der Waals surface area contributed by atoms with Crippen LogP contribution in [-0.4, -0.2) is 28.1 Å². The minimum absolute atomic E-state index is 0.121. The number of amides is 2. The molecular formula is C19H24FN3O. The fourth-order valence-electron chi connectivity index (χ4n) is 3.38. The van der Waals surface area contributed by atoms with Gasteiger partial charge >= 0.3 is 6.03 Å².